The third-order valence-electron chi connectivity index (χ3n) is 3.56. The van der Waals surface area contributed by atoms with E-state index in [-0.39, 0.29) is 0 Å². The maximum absolute atomic E-state index is 13.4. The van der Waals surface area contributed by atoms with Crippen LogP contribution in [0.5, 0.6) is 0 Å². The lowest BCUT2D eigenvalue weighted by Gasteiger charge is -2.18. The highest BCUT2D eigenvalue weighted by molar-refractivity contribution is 5.35. The van der Waals surface area contributed by atoms with Crippen LogP contribution in [0.1, 0.15) is 42.5 Å². The van der Waals surface area contributed by atoms with Gasteiger partial charge in [-0.1, -0.05) is 38.1 Å². The Bertz CT molecular complexity index is 597. The zero-order chi connectivity index (χ0) is 15.6. The van der Waals surface area contributed by atoms with E-state index in [1.807, 2.05) is 24.3 Å². The fourth-order valence-electron chi connectivity index (χ4n) is 2.34. The van der Waals surface area contributed by atoms with Gasteiger partial charge in [-0.2, -0.15) is 0 Å². The third-order valence-corrected chi connectivity index (χ3v) is 3.56. The number of benzene rings is 2. The Kier molecular flexibility index (Phi) is 4.68. The summed E-state index contributed by atoms with van der Waals surface area (Å²) in [6.07, 6.45) is 0. The zero-order valence-electron chi connectivity index (χ0n) is 12.3. The second-order valence-electron chi connectivity index (χ2n) is 5.34. The minimum absolute atomic E-state index is 0.353. The predicted molar refractivity (Wildman–Crippen MR) is 77.7 cm³/mol. The van der Waals surface area contributed by atoms with Crippen LogP contribution in [0.25, 0.3) is 0 Å². The van der Waals surface area contributed by atoms with Crippen molar-refractivity contribution in [1.82, 2.24) is 5.32 Å². The summed E-state index contributed by atoms with van der Waals surface area (Å²) in [5, 5.41) is 3.00. The summed E-state index contributed by atoms with van der Waals surface area (Å²) >= 11 is 0. The first kappa shape index (κ1) is 15.6. The minimum Gasteiger partial charge on any atom is -0.309 e. The molecule has 0 aliphatic carbocycles. The van der Waals surface area contributed by atoms with Gasteiger partial charge in [-0.25, -0.2) is 13.2 Å². The fraction of sp³-hybridized carbons (Fsp3) is 0.294. The maximum atomic E-state index is 13.4. The number of halogens is 3. The molecule has 0 amide bonds. The molecular weight excluding hydrogens is 275 g/mol. The molecular formula is C17H18F3N. The molecule has 112 valence electrons. The summed E-state index contributed by atoms with van der Waals surface area (Å²) in [7, 11) is 1.69. The molecule has 0 aromatic heterocycles. The van der Waals surface area contributed by atoms with E-state index >= 15 is 0 Å². The summed E-state index contributed by atoms with van der Waals surface area (Å²) in [6, 6.07) is 9.45. The Morgan fingerprint density at radius 1 is 0.810 bits per heavy atom. The van der Waals surface area contributed by atoms with Gasteiger partial charge in [0.15, 0.2) is 17.5 Å². The molecule has 0 fully saturated rings. The fourth-order valence-corrected chi connectivity index (χ4v) is 2.34. The molecule has 0 radical (unpaired) electrons. The first-order valence-corrected chi connectivity index (χ1v) is 6.85. The number of hydrogen-bond acceptors (Lipinski definition) is 1. The normalized spacial score (nSPS) is 12.7. The number of rotatable bonds is 4. The highest BCUT2D eigenvalue weighted by atomic mass is 19.2. The molecule has 0 saturated heterocycles. The van der Waals surface area contributed by atoms with Gasteiger partial charge in [0.05, 0.1) is 6.04 Å². The van der Waals surface area contributed by atoms with Crippen LogP contribution < -0.4 is 5.32 Å². The Morgan fingerprint density at radius 3 is 1.71 bits per heavy atom. The third kappa shape index (κ3) is 3.27. The quantitative estimate of drug-likeness (QED) is 0.816. The smallest absolute Gasteiger partial charge is 0.194 e. The predicted octanol–water partition coefficient (Wildman–Crippen LogP) is 4.54. The van der Waals surface area contributed by atoms with Crippen molar-refractivity contribution < 1.29 is 13.2 Å². The van der Waals surface area contributed by atoms with Crippen molar-refractivity contribution in [2.24, 2.45) is 0 Å². The Balaban J connectivity index is 2.39. The Hall–Kier alpha value is -1.81. The molecule has 2 aromatic carbocycles. The van der Waals surface area contributed by atoms with E-state index in [1.54, 1.807) is 7.05 Å². The Morgan fingerprint density at radius 2 is 1.29 bits per heavy atom. The van der Waals surface area contributed by atoms with Crippen molar-refractivity contribution in [3.63, 3.8) is 0 Å². The van der Waals surface area contributed by atoms with Gasteiger partial charge in [0.25, 0.3) is 0 Å². The molecule has 21 heavy (non-hydrogen) atoms. The van der Waals surface area contributed by atoms with Crippen LogP contribution in [0.4, 0.5) is 13.2 Å². The van der Waals surface area contributed by atoms with E-state index in [4.69, 9.17) is 0 Å². The highest BCUT2D eigenvalue weighted by Gasteiger charge is 2.17. The lowest BCUT2D eigenvalue weighted by Crippen LogP contribution is -2.18. The van der Waals surface area contributed by atoms with Crippen LogP contribution in [0, 0.1) is 17.5 Å². The van der Waals surface area contributed by atoms with Crippen LogP contribution in [0.3, 0.4) is 0 Å². The lowest BCUT2D eigenvalue weighted by molar-refractivity contribution is 0.443. The van der Waals surface area contributed by atoms with Gasteiger partial charge in [0, 0.05) is 0 Å². The highest BCUT2D eigenvalue weighted by Crippen LogP contribution is 2.26. The van der Waals surface area contributed by atoms with Gasteiger partial charge < -0.3 is 5.32 Å². The molecule has 0 aliphatic rings. The van der Waals surface area contributed by atoms with Crippen LogP contribution in [0.15, 0.2) is 36.4 Å². The second kappa shape index (κ2) is 6.31. The van der Waals surface area contributed by atoms with Gasteiger partial charge in [-0.3, -0.25) is 0 Å². The summed E-state index contributed by atoms with van der Waals surface area (Å²) < 4.78 is 39.8. The van der Waals surface area contributed by atoms with Crippen LogP contribution in [0.2, 0.25) is 0 Å². The molecule has 2 rings (SSSR count). The maximum Gasteiger partial charge on any atom is 0.194 e. The largest absolute Gasteiger partial charge is 0.309 e. The van der Waals surface area contributed by atoms with Crippen LogP contribution in [-0.2, 0) is 0 Å². The van der Waals surface area contributed by atoms with Crippen molar-refractivity contribution in [1.29, 1.82) is 0 Å². The minimum atomic E-state index is -1.44. The molecule has 0 spiro atoms. The Labute approximate surface area is 122 Å². The van der Waals surface area contributed by atoms with E-state index in [0.717, 1.165) is 17.7 Å². The zero-order valence-corrected chi connectivity index (χ0v) is 12.3. The molecule has 0 saturated carbocycles. The molecule has 1 atom stereocenters. The average Bonchev–Trinajstić information content (AvgIpc) is 2.46. The first-order chi connectivity index (χ1) is 9.93. The van der Waals surface area contributed by atoms with Gasteiger partial charge in [-0.15, -0.1) is 0 Å². The van der Waals surface area contributed by atoms with Crippen molar-refractivity contribution >= 4 is 0 Å². The van der Waals surface area contributed by atoms with Gasteiger partial charge in [0.2, 0.25) is 0 Å². The van der Waals surface area contributed by atoms with Crippen LogP contribution in [-0.4, -0.2) is 7.05 Å². The molecule has 4 heteroatoms. The van der Waals surface area contributed by atoms with E-state index in [2.05, 4.69) is 19.2 Å². The molecule has 1 N–H and O–H groups in total. The molecule has 0 heterocycles. The average molecular weight is 293 g/mol. The van der Waals surface area contributed by atoms with Crippen molar-refractivity contribution in [2.45, 2.75) is 25.8 Å². The van der Waals surface area contributed by atoms with E-state index in [0.29, 0.717) is 11.5 Å². The van der Waals surface area contributed by atoms with Crippen molar-refractivity contribution in [3.8, 4) is 0 Å². The monoisotopic (exact) mass is 293 g/mol. The van der Waals surface area contributed by atoms with Gasteiger partial charge in [0.1, 0.15) is 0 Å². The topological polar surface area (TPSA) is 12.0 Å². The second-order valence-corrected chi connectivity index (χ2v) is 5.34. The lowest BCUT2D eigenvalue weighted by atomic mass is 9.95. The first-order valence-electron chi connectivity index (χ1n) is 6.85. The van der Waals surface area contributed by atoms with E-state index < -0.39 is 23.5 Å². The van der Waals surface area contributed by atoms with Crippen molar-refractivity contribution in [3.05, 3.63) is 70.5 Å². The summed E-state index contributed by atoms with van der Waals surface area (Å²) in [5.41, 5.74) is 2.41. The standard InChI is InChI=1S/C17H18F3N/c1-10(2)11-4-6-12(7-5-11)17(21-3)13-8-14(18)16(20)15(19)9-13/h4-10,17,21H,1-3H3. The molecule has 1 unspecified atom stereocenters. The summed E-state index contributed by atoms with van der Waals surface area (Å²) in [5.74, 6) is -3.38. The molecule has 2 aromatic rings. The van der Waals surface area contributed by atoms with Crippen molar-refractivity contribution in [2.75, 3.05) is 7.05 Å². The summed E-state index contributed by atoms with van der Waals surface area (Å²) in [6.45, 7) is 4.19. The van der Waals surface area contributed by atoms with E-state index in [9.17, 15) is 13.2 Å². The van der Waals surface area contributed by atoms with Gasteiger partial charge >= 0.3 is 0 Å². The molecule has 0 bridgehead atoms. The summed E-state index contributed by atoms with van der Waals surface area (Å²) in [4.78, 5) is 0. The number of nitrogens with one attached hydrogen (secondary N) is 1. The molecule has 1 nitrogen and oxygen atoms in total. The van der Waals surface area contributed by atoms with E-state index in [1.165, 1.54) is 5.56 Å². The SMILES string of the molecule is CNC(c1ccc(C(C)C)cc1)c1cc(F)c(F)c(F)c1. The van der Waals surface area contributed by atoms with Gasteiger partial charge in [-0.05, 0) is 41.8 Å². The van der Waals surface area contributed by atoms with Crippen LogP contribution >= 0.6 is 0 Å². The molecule has 0 aliphatic heterocycles. The number of hydrogen-bond donors (Lipinski definition) is 1.